The molecule has 6 nitrogen and oxygen atoms in total. The van der Waals surface area contributed by atoms with Gasteiger partial charge in [-0.3, -0.25) is 14.4 Å². The lowest BCUT2D eigenvalue weighted by Gasteiger charge is -2.18. The van der Waals surface area contributed by atoms with Gasteiger partial charge in [0, 0.05) is 19.3 Å². The van der Waals surface area contributed by atoms with Crippen LogP contribution in [-0.2, 0) is 28.6 Å². The number of hydrogen-bond donors (Lipinski definition) is 0. The van der Waals surface area contributed by atoms with Crippen LogP contribution in [0.4, 0.5) is 0 Å². The van der Waals surface area contributed by atoms with E-state index in [9.17, 15) is 14.4 Å². The number of esters is 3. The van der Waals surface area contributed by atoms with E-state index in [1.165, 1.54) is 12.8 Å². The predicted octanol–water partition coefficient (Wildman–Crippen LogP) is 14.6. The summed E-state index contributed by atoms with van der Waals surface area (Å²) in [7, 11) is 0. The number of ether oxygens (including phenoxy) is 3. The van der Waals surface area contributed by atoms with Crippen LogP contribution in [0.2, 0.25) is 0 Å². The summed E-state index contributed by atoms with van der Waals surface area (Å²) in [6, 6.07) is 0. The summed E-state index contributed by atoms with van der Waals surface area (Å²) >= 11 is 0. The van der Waals surface area contributed by atoms with Gasteiger partial charge in [-0.1, -0.05) is 181 Å². The molecule has 0 aliphatic rings. The van der Waals surface area contributed by atoms with E-state index in [0.717, 1.165) is 109 Å². The second-order valence-electron chi connectivity index (χ2n) is 14.3. The Hall–Kier alpha value is -4.19. The van der Waals surface area contributed by atoms with E-state index in [2.05, 4.69) is 124 Å². The molecule has 0 saturated carbocycles. The first-order chi connectivity index (χ1) is 28.5. The maximum atomic E-state index is 12.7. The van der Waals surface area contributed by atoms with Crippen molar-refractivity contribution >= 4 is 17.9 Å². The molecular weight excluding hydrogens is 721 g/mol. The summed E-state index contributed by atoms with van der Waals surface area (Å²) in [4.78, 5) is 37.7. The maximum absolute atomic E-state index is 12.7. The average Bonchev–Trinajstić information content (AvgIpc) is 3.22. The van der Waals surface area contributed by atoms with Crippen LogP contribution in [0.3, 0.4) is 0 Å². The van der Waals surface area contributed by atoms with Crippen LogP contribution in [0.25, 0.3) is 0 Å². The third-order valence-corrected chi connectivity index (χ3v) is 8.78. The third kappa shape index (κ3) is 42.9. The quantitative estimate of drug-likeness (QED) is 0.0203. The first kappa shape index (κ1) is 53.8. The Balaban J connectivity index is 4.59. The highest BCUT2D eigenvalue weighted by molar-refractivity contribution is 5.71. The lowest BCUT2D eigenvalue weighted by molar-refractivity contribution is -0.166. The minimum absolute atomic E-state index is 0.128. The van der Waals surface area contributed by atoms with Crippen molar-refractivity contribution in [2.24, 2.45) is 0 Å². The molecule has 1 unspecified atom stereocenters. The van der Waals surface area contributed by atoms with E-state index in [0.29, 0.717) is 12.8 Å². The van der Waals surface area contributed by atoms with E-state index in [4.69, 9.17) is 14.2 Å². The fourth-order valence-corrected chi connectivity index (χ4v) is 5.41. The van der Waals surface area contributed by atoms with Crippen LogP contribution in [0.1, 0.15) is 168 Å². The number of hydrogen-bond acceptors (Lipinski definition) is 6. The van der Waals surface area contributed by atoms with Gasteiger partial charge >= 0.3 is 17.9 Å². The molecular formula is C52H80O6. The summed E-state index contributed by atoms with van der Waals surface area (Å²) in [6.45, 7) is 6.19. The Morgan fingerprint density at radius 3 is 1.34 bits per heavy atom. The smallest absolute Gasteiger partial charge is 0.306 e. The molecule has 0 spiro atoms. The number of unbranched alkanes of at least 4 members (excludes halogenated alkanes) is 10. The fourth-order valence-electron chi connectivity index (χ4n) is 5.41. The summed E-state index contributed by atoms with van der Waals surface area (Å²) in [5.74, 6) is -1.08. The zero-order chi connectivity index (χ0) is 42.3. The molecule has 0 aromatic rings. The normalized spacial score (nSPS) is 13.2. The van der Waals surface area contributed by atoms with Crippen molar-refractivity contribution in [3.63, 3.8) is 0 Å². The average molecular weight is 801 g/mol. The Kier molecular flexibility index (Phi) is 42.2. The summed E-state index contributed by atoms with van der Waals surface area (Å²) < 4.78 is 16.6. The van der Waals surface area contributed by atoms with Gasteiger partial charge in [0.15, 0.2) is 6.10 Å². The molecule has 58 heavy (non-hydrogen) atoms. The lowest BCUT2D eigenvalue weighted by Crippen LogP contribution is -2.30. The Bertz CT molecular complexity index is 1290. The van der Waals surface area contributed by atoms with E-state index >= 15 is 0 Å². The largest absolute Gasteiger partial charge is 0.462 e. The van der Waals surface area contributed by atoms with Crippen molar-refractivity contribution in [1.82, 2.24) is 0 Å². The van der Waals surface area contributed by atoms with E-state index < -0.39 is 6.10 Å². The molecule has 0 aliphatic carbocycles. The van der Waals surface area contributed by atoms with Gasteiger partial charge in [0.2, 0.25) is 0 Å². The summed E-state index contributed by atoms with van der Waals surface area (Å²) in [5.41, 5.74) is 0. The van der Waals surface area contributed by atoms with Gasteiger partial charge in [-0.25, -0.2) is 0 Å². The predicted molar refractivity (Wildman–Crippen MR) is 246 cm³/mol. The molecule has 1 atom stereocenters. The molecule has 0 saturated heterocycles. The standard InChI is InChI=1S/C52H80O6/c1-4-7-10-13-16-19-22-24-25-26-28-30-33-36-39-42-45-51(54)57-48-49(47-56-50(53)44-41-38-35-32-29-21-18-15-12-9-6-3)58-52(55)46-43-40-37-34-31-27-23-20-17-14-11-8-5-2/h7-8,10-11,14-21,23-25,28-30,36,39,49H,4-6,9,12-13,22,26-27,31-35,37-38,40-48H2,1-3H3/b10-7-,11-8-,17-14-,18-15-,19-16-,23-20-,25-24-,29-21-,30-28-,39-36-. The molecule has 0 bridgehead atoms. The number of allylic oxidation sites excluding steroid dienone is 20. The summed E-state index contributed by atoms with van der Waals surface area (Å²) in [5, 5.41) is 0. The van der Waals surface area contributed by atoms with Crippen molar-refractivity contribution in [1.29, 1.82) is 0 Å². The first-order valence-corrected chi connectivity index (χ1v) is 22.6. The van der Waals surface area contributed by atoms with Crippen molar-refractivity contribution < 1.29 is 28.6 Å². The Morgan fingerprint density at radius 1 is 0.379 bits per heavy atom. The highest BCUT2D eigenvalue weighted by Gasteiger charge is 2.19. The van der Waals surface area contributed by atoms with Gasteiger partial charge in [-0.05, 0) is 89.9 Å². The maximum Gasteiger partial charge on any atom is 0.306 e. The van der Waals surface area contributed by atoms with Gasteiger partial charge < -0.3 is 14.2 Å². The monoisotopic (exact) mass is 801 g/mol. The van der Waals surface area contributed by atoms with Crippen molar-refractivity contribution in [3.8, 4) is 0 Å². The molecule has 0 aliphatic heterocycles. The first-order valence-electron chi connectivity index (χ1n) is 22.6. The van der Waals surface area contributed by atoms with E-state index in [-0.39, 0.29) is 44.0 Å². The highest BCUT2D eigenvalue weighted by atomic mass is 16.6. The molecule has 0 amide bonds. The SMILES string of the molecule is CC\C=C/C=C\C=C/CCCCCCCC(=O)OC(COC(=O)CC/C=C\C/C=C\C/C=C\C/C=C\C/C=C\CC)COC(=O)CCCCC/C=C\C=C/CCCC. The second kappa shape index (κ2) is 45.5. The van der Waals surface area contributed by atoms with Gasteiger partial charge in [-0.15, -0.1) is 0 Å². The molecule has 0 aromatic carbocycles. The number of carbonyl (C=O) groups is 3. The van der Waals surface area contributed by atoms with Gasteiger partial charge in [0.1, 0.15) is 13.2 Å². The van der Waals surface area contributed by atoms with E-state index in [1.54, 1.807) is 0 Å². The second-order valence-corrected chi connectivity index (χ2v) is 14.3. The Labute approximate surface area is 354 Å². The van der Waals surface area contributed by atoms with Crippen LogP contribution < -0.4 is 0 Å². The fraction of sp³-hybridized carbons (Fsp3) is 0.558. The highest BCUT2D eigenvalue weighted by Crippen LogP contribution is 2.11. The van der Waals surface area contributed by atoms with E-state index in [1.807, 2.05) is 18.2 Å². The van der Waals surface area contributed by atoms with Gasteiger partial charge in [0.05, 0.1) is 0 Å². The zero-order valence-corrected chi connectivity index (χ0v) is 36.8. The van der Waals surface area contributed by atoms with Crippen LogP contribution in [0.15, 0.2) is 122 Å². The third-order valence-electron chi connectivity index (χ3n) is 8.78. The number of carbonyl (C=O) groups excluding carboxylic acids is 3. The van der Waals surface area contributed by atoms with Crippen LogP contribution in [0, 0.1) is 0 Å². The van der Waals surface area contributed by atoms with Crippen molar-refractivity contribution in [2.75, 3.05) is 13.2 Å². The Morgan fingerprint density at radius 2 is 0.793 bits per heavy atom. The van der Waals surface area contributed by atoms with Crippen LogP contribution in [-0.4, -0.2) is 37.2 Å². The molecule has 0 rings (SSSR count). The summed E-state index contributed by atoms with van der Waals surface area (Å²) in [6.07, 6.45) is 61.9. The zero-order valence-electron chi connectivity index (χ0n) is 36.8. The van der Waals surface area contributed by atoms with Crippen LogP contribution in [0.5, 0.6) is 0 Å². The topological polar surface area (TPSA) is 78.9 Å². The molecule has 0 fully saturated rings. The lowest BCUT2D eigenvalue weighted by atomic mass is 10.1. The molecule has 6 heteroatoms. The molecule has 0 N–H and O–H groups in total. The van der Waals surface area contributed by atoms with Crippen molar-refractivity contribution in [2.45, 2.75) is 175 Å². The molecule has 0 aromatic heterocycles. The number of rotatable bonds is 38. The molecule has 324 valence electrons. The van der Waals surface area contributed by atoms with Gasteiger partial charge in [0.25, 0.3) is 0 Å². The minimum Gasteiger partial charge on any atom is -0.462 e. The van der Waals surface area contributed by atoms with Crippen molar-refractivity contribution in [3.05, 3.63) is 122 Å². The molecule has 0 heterocycles. The van der Waals surface area contributed by atoms with Gasteiger partial charge in [-0.2, -0.15) is 0 Å². The molecule has 0 radical (unpaired) electrons. The minimum atomic E-state index is -0.831. The van der Waals surface area contributed by atoms with Crippen LogP contribution >= 0.6 is 0 Å².